The fourth-order valence-electron chi connectivity index (χ4n) is 5.86. The van der Waals surface area contributed by atoms with E-state index in [1.165, 1.54) is 11.1 Å². The Bertz CT molecular complexity index is 748. The molecule has 2 unspecified atom stereocenters. The zero-order valence-electron chi connectivity index (χ0n) is 17.8. The van der Waals surface area contributed by atoms with Crippen LogP contribution >= 0.6 is 0 Å². The van der Waals surface area contributed by atoms with Crippen molar-refractivity contribution < 1.29 is 4.79 Å². The van der Waals surface area contributed by atoms with Crippen molar-refractivity contribution in [3.8, 4) is 0 Å². The van der Waals surface area contributed by atoms with Crippen LogP contribution < -0.4 is 5.32 Å². The molecule has 3 aliphatic rings. The molecule has 1 aliphatic carbocycles. The maximum Gasteiger partial charge on any atom is 0.224 e. The van der Waals surface area contributed by atoms with Crippen LogP contribution in [0.15, 0.2) is 60.7 Å². The second-order valence-electron chi connectivity index (χ2n) is 8.90. The van der Waals surface area contributed by atoms with E-state index >= 15 is 0 Å². The first-order valence-corrected chi connectivity index (χ1v) is 11.3. The minimum Gasteiger partial charge on any atom is -0.354 e. The molecule has 1 amide bonds. The number of benzene rings is 2. The van der Waals surface area contributed by atoms with Gasteiger partial charge in [0.25, 0.3) is 0 Å². The average Bonchev–Trinajstić information content (AvgIpc) is 3.01. The zero-order valence-corrected chi connectivity index (χ0v) is 17.8. The molecule has 3 fully saturated rings. The second kappa shape index (κ2) is 8.71. The molecule has 3 heteroatoms. The normalized spacial score (nSPS) is 28.9. The van der Waals surface area contributed by atoms with Crippen LogP contribution in [0.1, 0.15) is 62.5 Å². The lowest BCUT2D eigenvalue weighted by Gasteiger charge is -2.51. The number of amides is 1. The van der Waals surface area contributed by atoms with Crippen molar-refractivity contribution in [1.29, 1.82) is 0 Å². The number of carbonyl (C=O) groups is 1. The number of hydrogen-bond acceptors (Lipinski definition) is 2. The van der Waals surface area contributed by atoms with Crippen molar-refractivity contribution in [2.75, 3.05) is 19.6 Å². The van der Waals surface area contributed by atoms with E-state index in [9.17, 15) is 4.79 Å². The van der Waals surface area contributed by atoms with Crippen molar-refractivity contribution in [2.45, 2.75) is 56.9 Å². The van der Waals surface area contributed by atoms with E-state index < -0.39 is 0 Å². The van der Waals surface area contributed by atoms with Crippen molar-refractivity contribution >= 4 is 5.91 Å². The van der Waals surface area contributed by atoms with Crippen LogP contribution in [0.5, 0.6) is 0 Å². The summed E-state index contributed by atoms with van der Waals surface area (Å²) in [7, 11) is 0. The van der Waals surface area contributed by atoms with E-state index in [0.29, 0.717) is 0 Å². The molecule has 0 spiro atoms. The second-order valence-corrected chi connectivity index (χ2v) is 8.90. The number of hydrogen-bond donors (Lipinski definition) is 1. The van der Waals surface area contributed by atoms with Crippen LogP contribution in [0.25, 0.3) is 0 Å². The zero-order chi connectivity index (χ0) is 20.3. The summed E-state index contributed by atoms with van der Waals surface area (Å²) < 4.78 is 0. The molecular formula is C26H34N2O. The summed E-state index contributed by atoms with van der Waals surface area (Å²) in [6.45, 7) is 7.50. The van der Waals surface area contributed by atoms with E-state index in [2.05, 4.69) is 84.7 Å². The maximum atomic E-state index is 13.4. The quantitative estimate of drug-likeness (QED) is 0.725. The van der Waals surface area contributed by atoms with Gasteiger partial charge in [-0.05, 0) is 61.7 Å². The number of nitrogens with zero attached hydrogens (tertiary/aromatic N) is 1. The van der Waals surface area contributed by atoms with Gasteiger partial charge in [-0.25, -0.2) is 0 Å². The third-order valence-electron chi connectivity index (χ3n) is 7.07. The van der Waals surface area contributed by atoms with Gasteiger partial charge >= 0.3 is 0 Å². The summed E-state index contributed by atoms with van der Waals surface area (Å²) in [4.78, 5) is 16.1. The summed E-state index contributed by atoms with van der Waals surface area (Å²) in [5.74, 6) is 0.753. The monoisotopic (exact) mass is 390 g/mol. The Morgan fingerprint density at radius 1 is 0.862 bits per heavy atom. The third-order valence-corrected chi connectivity index (χ3v) is 7.07. The Morgan fingerprint density at radius 2 is 1.34 bits per heavy atom. The fraction of sp³-hybridized carbons (Fsp3) is 0.500. The molecule has 5 rings (SSSR count). The molecule has 2 heterocycles. The molecule has 2 saturated heterocycles. The molecule has 154 valence electrons. The van der Waals surface area contributed by atoms with Gasteiger partial charge in [-0.15, -0.1) is 0 Å². The van der Waals surface area contributed by atoms with E-state index in [1.807, 2.05) is 0 Å². The summed E-state index contributed by atoms with van der Waals surface area (Å²) >= 11 is 0. The van der Waals surface area contributed by atoms with Gasteiger partial charge in [-0.3, -0.25) is 9.69 Å². The van der Waals surface area contributed by atoms with E-state index in [0.717, 1.165) is 45.3 Å². The van der Waals surface area contributed by atoms with Crippen LogP contribution in [-0.4, -0.2) is 36.0 Å². The predicted octanol–water partition coefficient (Wildman–Crippen LogP) is 4.95. The van der Waals surface area contributed by atoms with E-state index in [-0.39, 0.29) is 29.2 Å². The summed E-state index contributed by atoms with van der Waals surface area (Å²) in [6.07, 6.45) is 4.41. The third kappa shape index (κ3) is 3.85. The Labute approximate surface area is 175 Å². The lowest BCUT2D eigenvalue weighted by molar-refractivity contribution is -0.125. The van der Waals surface area contributed by atoms with Crippen molar-refractivity contribution in [3.63, 3.8) is 0 Å². The number of carbonyl (C=O) groups excluding carboxylic acids is 1. The lowest BCUT2D eigenvalue weighted by Crippen LogP contribution is -2.57. The van der Waals surface area contributed by atoms with Crippen molar-refractivity contribution in [3.05, 3.63) is 71.8 Å². The summed E-state index contributed by atoms with van der Waals surface area (Å²) in [5, 5.41) is 3.36. The van der Waals surface area contributed by atoms with Gasteiger partial charge in [0.1, 0.15) is 0 Å². The minimum absolute atomic E-state index is 0.000489. The highest BCUT2D eigenvalue weighted by Crippen LogP contribution is 2.53. The predicted molar refractivity (Wildman–Crippen MR) is 119 cm³/mol. The molecule has 2 aromatic rings. The van der Waals surface area contributed by atoms with E-state index in [4.69, 9.17) is 0 Å². The molecule has 1 saturated carbocycles. The summed E-state index contributed by atoms with van der Waals surface area (Å²) in [6, 6.07) is 21.5. The molecule has 0 aromatic heterocycles. The Balaban J connectivity index is 1.83. The van der Waals surface area contributed by atoms with Gasteiger partial charge in [0.15, 0.2) is 0 Å². The number of fused-ring (bicyclic) bond motifs is 4. The molecule has 2 aromatic carbocycles. The molecular weight excluding hydrogens is 356 g/mol. The van der Waals surface area contributed by atoms with Crippen LogP contribution in [0, 0.1) is 5.92 Å². The molecule has 0 radical (unpaired) electrons. The standard InChI is InChI=1S/C26H34N2O/c1-3-15-28(16-4-2)26-17-22(20-11-7-5-8-12-20)24(25(29)27-19-26)23(18-26)21-13-9-6-10-14-21/h5-14,22-24H,3-4,15-19H2,1-2H3,(H,27,29). The molecule has 1 N–H and O–H groups in total. The fourth-order valence-corrected chi connectivity index (χ4v) is 5.86. The first-order chi connectivity index (χ1) is 14.2. The average molecular weight is 391 g/mol. The Kier molecular flexibility index (Phi) is 6.05. The highest BCUT2D eigenvalue weighted by atomic mass is 16.2. The van der Waals surface area contributed by atoms with Gasteiger partial charge in [0, 0.05) is 12.1 Å². The van der Waals surface area contributed by atoms with Gasteiger partial charge in [0.2, 0.25) is 5.91 Å². The van der Waals surface area contributed by atoms with Gasteiger partial charge < -0.3 is 5.32 Å². The Morgan fingerprint density at radius 3 is 1.79 bits per heavy atom. The van der Waals surface area contributed by atoms with Gasteiger partial charge in [0.05, 0.1) is 5.92 Å². The van der Waals surface area contributed by atoms with Gasteiger partial charge in [-0.2, -0.15) is 0 Å². The molecule has 29 heavy (non-hydrogen) atoms. The molecule has 2 atom stereocenters. The first kappa shape index (κ1) is 20.2. The molecule has 2 bridgehead atoms. The van der Waals surface area contributed by atoms with Crippen molar-refractivity contribution in [2.24, 2.45) is 5.92 Å². The van der Waals surface area contributed by atoms with Gasteiger partial charge in [-0.1, -0.05) is 74.5 Å². The largest absolute Gasteiger partial charge is 0.354 e. The highest BCUT2D eigenvalue weighted by molar-refractivity contribution is 5.82. The Hall–Kier alpha value is -2.13. The summed E-state index contributed by atoms with van der Waals surface area (Å²) in [5.41, 5.74) is 2.65. The van der Waals surface area contributed by atoms with Crippen LogP contribution in [-0.2, 0) is 4.79 Å². The number of nitrogens with one attached hydrogen (secondary N) is 1. The van der Waals surface area contributed by atoms with Crippen molar-refractivity contribution in [1.82, 2.24) is 10.2 Å². The molecule has 3 nitrogen and oxygen atoms in total. The topological polar surface area (TPSA) is 32.3 Å². The maximum absolute atomic E-state index is 13.4. The van der Waals surface area contributed by atoms with Crippen LogP contribution in [0.2, 0.25) is 0 Å². The lowest BCUT2D eigenvalue weighted by atomic mass is 9.61. The van der Waals surface area contributed by atoms with Crippen LogP contribution in [0.3, 0.4) is 0 Å². The minimum atomic E-state index is 0.000489. The SMILES string of the molecule is CCCN(CCC)C12CNC(=O)C(C(c3ccccc3)C1)C(c1ccccc1)C2. The smallest absolute Gasteiger partial charge is 0.224 e. The first-order valence-electron chi connectivity index (χ1n) is 11.3. The van der Waals surface area contributed by atoms with E-state index in [1.54, 1.807) is 0 Å². The molecule has 2 aliphatic heterocycles. The van der Waals surface area contributed by atoms with Crippen LogP contribution in [0.4, 0.5) is 0 Å². The highest BCUT2D eigenvalue weighted by Gasteiger charge is 2.54. The number of rotatable bonds is 7.